The zero-order valence-corrected chi connectivity index (χ0v) is 21.5. The first-order valence-corrected chi connectivity index (χ1v) is 13.0. The number of amides is 1. The lowest BCUT2D eigenvalue weighted by molar-refractivity contribution is 0.0714. The number of carbonyl (C=O) groups excluding carboxylic acids is 1. The molecule has 6 rings (SSSR count). The highest BCUT2D eigenvalue weighted by atomic mass is 16.5. The first-order valence-electron chi connectivity index (χ1n) is 13.0. The lowest BCUT2D eigenvalue weighted by Gasteiger charge is -2.26. The average molecular weight is 518 g/mol. The molecule has 0 aliphatic carbocycles. The van der Waals surface area contributed by atoms with Crippen molar-refractivity contribution in [3.05, 3.63) is 141 Å². The summed E-state index contributed by atoms with van der Waals surface area (Å²) >= 11 is 0. The van der Waals surface area contributed by atoms with Crippen LogP contribution in [0, 0.1) is 0 Å². The highest BCUT2D eigenvalue weighted by molar-refractivity contribution is 5.99. The van der Waals surface area contributed by atoms with Crippen molar-refractivity contribution in [1.82, 2.24) is 4.90 Å². The molecule has 1 aliphatic heterocycles. The Labute approximate surface area is 226 Å². The van der Waals surface area contributed by atoms with E-state index < -0.39 is 6.04 Å². The van der Waals surface area contributed by atoms with E-state index in [2.05, 4.69) is 0 Å². The second-order valence-corrected chi connectivity index (χ2v) is 9.40. The van der Waals surface area contributed by atoms with Crippen LogP contribution in [0.25, 0.3) is 11.0 Å². The molecule has 0 spiro atoms. The van der Waals surface area contributed by atoms with Crippen molar-refractivity contribution in [3.8, 4) is 11.5 Å². The quantitative estimate of drug-likeness (QED) is 0.235. The number of hydrogen-bond acceptors (Lipinski definition) is 5. The molecule has 0 fully saturated rings. The lowest BCUT2D eigenvalue weighted by Crippen LogP contribution is -2.29. The number of hydrogen-bond donors (Lipinski definition) is 0. The van der Waals surface area contributed by atoms with Gasteiger partial charge in [-0.15, -0.1) is 0 Å². The van der Waals surface area contributed by atoms with Crippen LogP contribution in [0.5, 0.6) is 11.5 Å². The van der Waals surface area contributed by atoms with Crippen molar-refractivity contribution in [1.29, 1.82) is 0 Å². The Hall–Kier alpha value is -4.84. The summed E-state index contributed by atoms with van der Waals surface area (Å²) in [4.78, 5) is 29.2. The van der Waals surface area contributed by atoms with Crippen LogP contribution in [0.2, 0.25) is 0 Å². The normalized spacial score (nSPS) is 14.4. The molecule has 2 heterocycles. The van der Waals surface area contributed by atoms with E-state index in [4.69, 9.17) is 13.9 Å². The Morgan fingerprint density at radius 2 is 1.46 bits per heavy atom. The zero-order chi connectivity index (χ0) is 26.8. The van der Waals surface area contributed by atoms with Gasteiger partial charge in [0, 0.05) is 6.54 Å². The fourth-order valence-corrected chi connectivity index (χ4v) is 5.07. The van der Waals surface area contributed by atoms with Crippen LogP contribution in [0.15, 0.2) is 112 Å². The van der Waals surface area contributed by atoms with Gasteiger partial charge in [0.1, 0.15) is 12.2 Å². The standard InChI is InChI=1S/C33H27NO5/c1-2-37-28-19-24(17-18-27(28)38-21-23-13-7-4-8-14-23)30-29-31(35)25-15-9-10-16-26(25)39-32(29)33(36)34(30)20-22-11-5-3-6-12-22/h3-19,30H,2,20-21H2,1H3. The number of ether oxygens (including phenoxy) is 2. The molecule has 6 nitrogen and oxygen atoms in total. The minimum absolute atomic E-state index is 0.0852. The van der Waals surface area contributed by atoms with Crippen molar-refractivity contribution >= 4 is 16.9 Å². The van der Waals surface area contributed by atoms with E-state index in [0.717, 1.165) is 16.7 Å². The summed E-state index contributed by atoms with van der Waals surface area (Å²) in [6.45, 7) is 3.05. The lowest BCUT2D eigenvalue weighted by atomic mass is 9.97. The fraction of sp³-hybridized carbons (Fsp3) is 0.152. The second kappa shape index (κ2) is 10.5. The number of benzene rings is 4. The molecule has 0 radical (unpaired) electrons. The molecule has 1 amide bonds. The first kappa shape index (κ1) is 24.5. The van der Waals surface area contributed by atoms with Gasteiger partial charge in [0.15, 0.2) is 16.9 Å². The molecule has 6 heteroatoms. The van der Waals surface area contributed by atoms with E-state index >= 15 is 0 Å². The second-order valence-electron chi connectivity index (χ2n) is 9.40. The van der Waals surface area contributed by atoms with Gasteiger partial charge in [0.25, 0.3) is 5.91 Å². The van der Waals surface area contributed by atoms with Crippen LogP contribution in [0.4, 0.5) is 0 Å². The van der Waals surface area contributed by atoms with Crippen molar-refractivity contribution in [3.63, 3.8) is 0 Å². The van der Waals surface area contributed by atoms with Crippen LogP contribution in [-0.4, -0.2) is 17.4 Å². The van der Waals surface area contributed by atoms with Gasteiger partial charge in [-0.3, -0.25) is 9.59 Å². The molecule has 1 aliphatic rings. The Morgan fingerprint density at radius 1 is 0.769 bits per heavy atom. The molecule has 1 unspecified atom stereocenters. The molecule has 39 heavy (non-hydrogen) atoms. The van der Waals surface area contributed by atoms with Crippen LogP contribution in [0.3, 0.4) is 0 Å². The molecule has 194 valence electrons. The highest BCUT2D eigenvalue weighted by Gasteiger charge is 2.43. The van der Waals surface area contributed by atoms with Crippen molar-refractivity contribution in [2.24, 2.45) is 0 Å². The van der Waals surface area contributed by atoms with Gasteiger partial charge >= 0.3 is 0 Å². The van der Waals surface area contributed by atoms with E-state index in [1.807, 2.05) is 85.8 Å². The van der Waals surface area contributed by atoms with Gasteiger partial charge < -0.3 is 18.8 Å². The van der Waals surface area contributed by atoms with Gasteiger partial charge in [-0.1, -0.05) is 78.9 Å². The number of rotatable bonds is 8. The highest BCUT2D eigenvalue weighted by Crippen LogP contribution is 2.42. The molecular formula is C33H27NO5. The van der Waals surface area contributed by atoms with Crippen LogP contribution >= 0.6 is 0 Å². The molecule has 4 aromatic carbocycles. The summed E-state index contributed by atoms with van der Waals surface area (Å²) < 4.78 is 18.1. The van der Waals surface area contributed by atoms with Crippen LogP contribution in [-0.2, 0) is 13.2 Å². The smallest absolute Gasteiger partial charge is 0.291 e. The van der Waals surface area contributed by atoms with Gasteiger partial charge in [-0.25, -0.2) is 0 Å². The zero-order valence-electron chi connectivity index (χ0n) is 21.5. The molecule has 0 bridgehead atoms. The van der Waals surface area contributed by atoms with E-state index in [-0.39, 0.29) is 17.1 Å². The van der Waals surface area contributed by atoms with Gasteiger partial charge in [0.05, 0.1) is 23.6 Å². The molecule has 0 saturated carbocycles. The van der Waals surface area contributed by atoms with E-state index in [1.54, 1.807) is 29.2 Å². The first-order chi connectivity index (χ1) is 19.1. The van der Waals surface area contributed by atoms with Gasteiger partial charge in [0.2, 0.25) is 5.76 Å². The fourth-order valence-electron chi connectivity index (χ4n) is 5.07. The number of nitrogens with zero attached hydrogens (tertiary/aromatic N) is 1. The molecule has 1 aromatic heterocycles. The average Bonchev–Trinajstić information content (AvgIpc) is 3.25. The van der Waals surface area contributed by atoms with E-state index in [9.17, 15) is 9.59 Å². The number of para-hydroxylation sites is 1. The molecule has 0 N–H and O–H groups in total. The molecular weight excluding hydrogens is 490 g/mol. The largest absolute Gasteiger partial charge is 0.490 e. The summed E-state index contributed by atoms with van der Waals surface area (Å²) in [5.74, 6) is 0.914. The molecule has 0 saturated heterocycles. The van der Waals surface area contributed by atoms with Crippen molar-refractivity contribution in [2.45, 2.75) is 26.1 Å². The topological polar surface area (TPSA) is 69.0 Å². The molecule has 1 atom stereocenters. The summed E-state index contributed by atoms with van der Waals surface area (Å²) in [6.07, 6.45) is 0. The number of carbonyl (C=O) groups is 1. The summed E-state index contributed by atoms with van der Waals surface area (Å²) in [7, 11) is 0. The van der Waals surface area contributed by atoms with Crippen molar-refractivity contribution in [2.75, 3.05) is 6.61 Å². The maximum absolute atomic E-state index is 13.8. The van der Waals surface area contributed by atoms with Gasteiger partial charge in [-0.05, 0) is 47.9 Å². The third-order valence-corrected chi connectivity index (χ3v) is 6.89. The Kier molecular flexibility index (Phi) is 6.59. The third kappa shape index (κ3) is 4.66. The minimum Gasteiger partial charge on any atom is -0.490 e. The van der Waals surface area contributed by atoms with Gasteiger partial charge in [-0.2, -0.15) is 0 Å². The summed E-state index contributed by atoms with van der Waals surface area (Å²) in [5.41, 5.74) is 3.27. The monoisotopic (exact) mass is 517 g/mol. The minimum atomic E-state index is -0.643. The predicted molar refractivity (Wildman–Crippen MR) is 149 cm³/mol. The maximum atomic E-state index is 13.8. The number of fused-ring (bicyclic) bond motifs is 2. The third-order valence-electron chi connectivity index (χ3n) is 6.89. The Bertz CT molecular complexity index is 1690. The van der Waals surface area contributed by atoms with Crippen LogP contribution in [0.1, 0.15) is 45.8 Å². The van der Waals surface area contributed by atoms with Crippen molar-refractivity contribution < 1.29 is 18.7 Å². The Balaban J connectivity index is 1.45. The predicted octanol–water partition coefficient (Wildman–Crippen LogP) is 6.52. The summed E-state index contributed by atoms with van der Waals surface area (Å²) in [6, 6.07) is 31.6. The Morgan fingerprint density at radius 3 is 2.21 bits per heavy atom. The summed E-state index contributed by atoms with van der Waals surface area (Å²) in [5, 5.41) is 0.448. The SMILES string of the molecule is CCOc1cc(C2c3c(oc4ccccc4c3=O)C(=O)N2Cc2ccccc2)ccc1OCc1ccccc1. The van der Waals surface area contributed by atoms with E-state index in [0.29, 0.717) is 47.8 Å². The maximum Gasteiger partial charge on any atom is 0.291 e. The van der Waals surface area contributed by atoms with E-state index in [1.165, 1.54) is 0 Å². The molecule has 5 aromatic rings. The van der Waals surface area contributed by atoms with Crippen LogP contribution < -0.4 is 14.9 Å².